The maximum atomic E-state index is 13.6. The van der Waals surface area contributed by atoms with Crippen LogP contribution in [0.2, 0.25) is 0 Å². The van der Waals surface area contributed by atoms with Gasteiger partial charge in [0.2, 0.25) is 0 Å². The van der Waals surface area contributed by atoms with Crippen LogP contribution in [0.25, 0.3) is 0 Å². The predicted octanol–water partition coefficient (Wildman–Crippen LogP) is 4.17. The van der Waals surface area contributed by atoms with Crippen LogP contribution in [0.1, 0.15) is 18.6 Å². The molecule has 1 N–H and O–H groups in total. The Hall–Kier alpha value is -1.39. The Labute approximate surface area is 108 Å². The SMILES string of the molecule is CC(O)c1c(F)cccc1Sc1ccc(F)cc1. The maximum absolute atomic E-state index is 13.6. The topological polar surface area (TPSA) is 20.2 Å². The highest BCUT2D eigenvalue weighted by atomic mass is 32.2. The molecule has 0 spiro atoms. The monoisotopic (exact) mass is 266 g/mol. The Kier molecular flexibility index (Phi) is 3.99. The lowest BCUT2D eigenvalue weighted by molar-refractivity contribution is 0.191. The van der Waals surface area contributed by atoms with Crippen molar-refractivity contribution in [1.82, 2.24) is 0 Å². The van der Waals surface area contributed by atoms with E-state index in [-0.39, 0.29) is 11.4 Å². The number of aliphatic hydroxyl groups excluding tert-OH is 1. The van der Waals surface area contributed by atoms with Crippen molar-refractivity contribution in [1.29, 1.82) is 0 Å². The van der Waals surface area contributed by atoms with Crippen LogP contribution in [-0.2, 0) is 0 Å². The van der Waals surface area contributed by atoms with Crippen LogP contribution in [0.3, 0.4) is 0 Å². The van der Waals surface area contributed by atoms with Crippen LogP contribution < -0.4 is 0 Å². The fourth-order valence-corrected chi connectivity index (χ4v) is 2.69. The minimum Gasteiger partial charge on any atom is -0.389 e. The second-order valence-corrected chi connectivity index (χ2v) is 5.00. The van der Waals surface area contributed by atoms with E-state index in [1.807, 2.05) is 0 Å². The third kappa shape index (κ3) is 2.89. The summed E-state index contributed by atoms with van der Waals surface area (Å²) in [5.41, 5.74) is 0.270. The average molecular weight is 266 g/mol. The molecule has 0 aromatic heterocycles. The lowest BCUT2D eigenvalue weighted by atomic mass is 10.1. The Balaban J connectivity index is 2.34. The van der Waals surface area contributed by atoms with Crippen LogP contribution in [0, 0.1) is 11.6 Å². The first kappa shape index (κ1) is 13.1. The molecule has 2 rings (SSSR count). The van der Waals surface area contributed by atoms with Gasteiger partial charge in [-0.15, -0.1) is 0 Å². The van der Waals surface area contributed by atoms with E-state index in [1.165, 1.54) is 36.9 Å². The molecule has 0 saturated carbocycles. The van der Waals surface area contributed by atoms with Gasteiger partial charge in [0.15, 0.2) is 0 Å². The minimum absolute atomic E-state index is 0.270. The van der Waals surface area contributed by atoms with Crippen molar-refractivity contribution in [2.45, 2.75) is 22.8 Å². The standard InChI is InChI=1S/C14H12F2OS/c1-9(17)14-12(16)3-2-4-13(14)18-11-7-5-10(15)6-8-11/h2-9,17H,1H3. The van der Waals surface area contributed by atoms with Gasteiger partial charge in [0.1, 0.15) is 11.6 Å². The molecule has 94 valence electrons. The molecule has 1 atom stereocenters. The Morgan fingerprint density at radius 2 is 1.72 bits per heavy atom. The summed E-state index contributed by atoms with van der Waals surface area (Å²) < 4.78 is 26.4. The van der Waals surface area contributed by atoms with Crippen LogP contribution >= 0.6 is 11.8 Å². The lowest BCUT2D eigenvalue weighted by Gasteiger charge is -2.12. The summed E-state index contributed by atoms with van der Waals surface area (Å²) in [5, 5.41) is 9.59. The van der Waals surface area contributed by atoms with E-state index < -0.39 is 11.9 Å². The summed E-state index contributed by atoms with van der Waals surface area (Å²) in [4.78, 5) is 1.43. The van der Waals surface area contributed by atoms with Crippen LogP contribution in [-0.4, -0.2) is 5.11 Å². The summed E-state index contributed by atoms with van der Waals surface area (Å²) in [7, 11) is 0. The van der Waals surface area contributed by atoms with E-state index in [1.54, 1.807) is 24.3 Å². The van der Waals surface area contributed by atoms with Crippen molar-refractivity contribution >= 4 is 11.8 Å². The molecule has 0 aliphatic rings. The van der Waals surface area contributed by atoms with Gasteiger partial charge in [0, 0.05) is 15.4 Å². The first-order chi connectivity index (χ1) is 8.58. The number of hydrogen-bond donors (Lipinski definition) is 1. The molecule has 18 heavy (non-hydrogen) atoms. The van der Waals surface area contributed by atoms with Crippen LogP contribution in [0.4, 0.5) is 8.78 Å². The van der Waals surface area contributed by atoms with Gasteiger partial charge >= 0.3 is 0 Å². The minimum atomic E-state index is -0.880. The Bertz CT molecular complexity index is 538. The Morgan fingerprint density at radius 3 is 2.33 bits per heavy atom. The summed E-state index contributed by atoms with van der Waals surface area (Å²) in [6.07, 6.45) is -0.880. The first-order valence-electron chi connectivity index (χ1n) is 5.48. The highest BCUT2D eigenvalue weighted by molar-refractivity contribution is 7.99. The van der Waals surface area contributed by atoms with Crippen molar-refractivity contribution in [3.63, 3.8) is 0 Å². The fraction of sp³-hybridized carbons (Fsp3) is 0.143. The summed E-state index contributed by atoms with van der Waals surface area (Å²) >= 11 is 1.30. The molecule has 0 aliphatic carbocycles. The van der Waals surface area contributed by atoms with E-state index in [2.05, 4.69) is 0 Å². The maximum Gasteiger partial charge on any atom is 0.130 e. The second-order valence-electron chi connectivity index (χ2n) is 3.88. The highest BCUT2D eigenvalue weighted by Crippen LogP contribution is 2.34. The van der Waals surface area contributed by atoms with Gasteiger partial charge < -0.3 is 5.11 Å². The molecule has 0 radical (unpaired) electrons. The molecule has 0 saturated heterocycles. The predicted molar refractivity (Wildman–Crippen MR) is 67.6 cm³/mol. The molecule has 1 unspecified atom stereocenters. The molecular formula is C14H12F2OS. The zero-order chi connectivity index (χ0) is 13.1. The summed E-state index contributed by atoms with van der Waals surface area (Å²) in [6.45, 7) is 1.52. The smallest absolute Gasteiger partial charge is 0.130 e. The van der Waals surface area contributed by atoms with Crippen molar-refractivity contribution in [2.24, 2.45) is 0 Å². The third-order valence-corrected chi connectivity index (χ3v) is 3.56. The number of rotatable bonds is 3. The van der Waals surface area contributed by atoms with Crippen molar-refractivity contribution in [3.05, 3.63) is 59.7 Å². The number of benzene rings is 2. The molecule has 0 heterocycles. The molecular weight excluding hydrogens is 254 g/mol. The van der Waals surface area contributed by atoms with Crippen molar-refractivity contribution in [2.75, 3.05) is 0 Å². The quantitative estimate of drug-likeness (QED) is 0.899. The second kappa shape index (κ2) is 5.50. The summed E-state index contributed by atoms with van der Waals surface area (Å²) in [6, 6.07) is 10.6. The molecule has 0 bridgehead atoms. The highest BCUT2D eigenvalue weighted by Gasteiger charge is 2.14. The average Bonchev–Trinajstić information content (AvgIpc) is 2.32. The van der Waals surface area contributed by atoms with E-state index in [0.717, 1.165) is 4.90 Å². The van der Waals surface area contributed by atoms with Crippen LogP contribution in [0.5, 0.6) is 0 Å². The van der Waals surface area contributed by atoms with Gasteiger partial charge in [-0.05, 0) is 43.3 Å². The van der Waals surface area contributed by atoms with Gasteiger partial charge in [-0.25, -0.2) is 8.78 Å². The van der Waals surface area contributed by atoms with Crippen molar-refractivity contribution < 1.29 is 13.9 Å². The van der Waals surface area contributed by atoms with E-state index in [0.29, 0.717) is 4.90 Å². The Morgan fingerprint density at radius 1 is 1.06 bits per heavy atom. The molecule has 0 aliphatic heterocycles. The van der Waals surface area contributed by atoms with Crippen LogP contribution in [0.15, 0.2) is 52.3 Å². The van der Waals surface area contributed by atoms with Gasteiger partial charge in [0.05, 0.1) is 6.10 Å². The molecule has 2 aromatic rings. The van der Waals surface area contributed by atoms with E-state index in [9.17, 15) is 13.9 Å². The van der Waals surface area contributed by atoms with Gasteiger partial charge in [-0.2, -0.15) is 0 Å². The molecule has 4 heteroatoms. The zero-order valence-corrected chi connectivity index (χ0v) is 10.5. The number of hydrogen-bond acceptors (Lipinski definition) is 2. The van der Waals surface area contributed by atoms with Gasteiger partial charge in [-0.1, -0.05) is 17.8 Å². The molecule has 0 fully saturated rings. The molecule has 2 aromatic carbocycles. The van der Waals surface area contributed by atoms with Gasteiger partial charge in [-0.3, -0.25) is 0 Å². The number of aliphatic hydroxyl groups is 1. The fourth-order valence-electron chi connectivity index (χ4n) is 1.64. The van der Waals surface area contributed by atoms with Gasteiger partial charge in [0.25, 0.3) is 0 Å². The van der Waals surface area contributed by atoms with E-state index >= 15 is 0 Å². The normalized spacial score (nSPS) is 12.4. The number of halogens is 2. The lowest BCUT2D eigenvalue weighted by Crippen LogP contribution is -1.98. The van der Waals surface area contributed by atoms with Crippen molar-refractivity contribution in [3.8, 4) is 0 Å². The third-order valence-electron chi connectivity index (χ3n) is 2.47. The zero-order valence-electron chi connectivity index (χ0n) is 9.73. The summed E-state index contributed by atoms with van der Waals surface area (Å²) in [5.74, 6) is -0.744. The molecule has 0 amide bonds. The largest absolute Gasteiger partial charge is 0.389 e. The van der Waals surface area contributed by atoms with E-state index in [4.69, 9.17) is 0 Å². The molecule has 1 nitrogen and oxygen atoms in total. The first-order valence-corrected chi connectivity index (χ1v) is 6.29.